The van der Waals surface area contributed by atoms with E-state index < -0.39 is 0 Å². The van der Waals surface area contributed by atoms with Gasteiger partial charge in [-0.25, -0.2) is 9.97 Å². The van der Waals surface area contributed by atoms with Gasteiger partial charge in [-0.1, -0.05) is 13.8 Å². The van der Waals surface area contributed by atoms with Gasteiger partial charge in [-0.3, -0.25) is 4.90 Å². The van der Waals surface area contributed by atoms with Gasteiger partial charge in [0.1, 0.15) is 0 Å². The fourth-order valence-corrected chi connectivity index (χ4v) is 4.61. The number of rotatable bonds is 4. The van der Waals surface area contributed by atoms with Crippen LogP contribution in [0.3, 0.4) is 0 Å². The average Bonchev–Trinajstić information content (AvgIpc) is 3.08. The third-order valence-corrected chi connectivity index (χ3v) is 5.77. The molecule has 122 valence electrons. The van der Waals surface area contributed by atoms with Gasteiger partial charge >= 0.3 is 0 Å². The Morgan fingerprint density at radius 3 is 2.91 bits per heavy atom. The van der Waals surface area contributed by atoms with Gasteiger partial charge in [0.25, 0.3) is 0 Å². The zero-order valence-electron chi connectivity index (χ0n) is 13.0. The summed E-state index contributed by atoms with van der Waals surface area (Å²) in [6.07, 6.45) is 4.41. The molecule has 3 rings (SSSR count). The van der Waals surface area contributed by atoms with Gasteiger partial charge in [0.15, 0.2) is 5.13 Å². The molecule has 0 aromatic carbocycles. The molecule has 1 fully saturated rings. The molecule has 1 aliphatic rings. The maximum atomic E-state index is 5.71. The number of anilines is 1. The van der Waals surface area contributed by atoms with Gasteiger partial charge in [0.2, 0.25) is 0 Å². The first-order valence-corrected chi connectivity index (χ1v) is 9.19. The van der Waals surface area contributed by atoms with Gasteiger partial charge in [-0.2, -0.15) is 0 Å². The van der Waals surface area contributed by atoms with Crippen LogP contribution in [0.15, 0.2) is 11.6 Å². The third-order valence-electron chi connectivity index (χ3n) is 3.94. The Kier molecular flexibility index (Phi) is 6.20. The molecule has 1 unspecified atom stereocenters. The number of halogens is 1. The minimum absolute atomic E-state index is 0. The van der Waals surface area contributed by atoms with Crippen molar-refractivity contribution in [2.75, 3.05) is 18.8 Å². The molecule has 1 atom stereocenters. The molecule has 2 aromatic rings. The van der Waals surface area contributed by atoms with E-state index in [1.165, 1.54) is 28.4 Å². The molecule has 22 heavy (non-hydrogen) atoms. The SMILES string of the molecule is CC(C)c1csc(C2CCCN(Cc3cnc(N)s3)C2)n1.Cl. The fourth-order valence-electron chi connectivity index (χ4n) is 2.77. The highest BCUT2D eigenvalue weighted by atomic mass is 35.5. The standard InChI is InChI=1S/C15H22N4S2.ClH/c1-10(2)13-9-20-14(18-13)11-4-3-5-19(7-11)8-12-6-17-15(16)21-12;/h6,9-11H,3-5,7-8H2,1-2H3,(H2,16,17);1H. The molecular weight excluding hydrogens is 336 g/mol. The van der Waals surface area contributed by atoms with Crippen molar-refractivity contribution >= 4 is 40.2 Å². The van der Waals surface area contributed by atoms with Crippen LogP contribution in [0, 0.1) is 0 Å². The molecule has 2 aromatic heterocycles. The summed E-state index contributed by atoms with van der Waals surface area (Å²) >= 11 is 3.43. The summed E-state index contributed by atoms with van der Waals surface area (Å²) in [5, 5.41) is 4.20. The Labute approximate surface area is 146 Å². The summed E-state index contributed by atoms with van der Waals surface area (Å²) in [7, 11) is 0. The number of nitrogens with two attached hydrogens (primary N) is 1. The molecule has 0 saturated carbocycles. The molecule has 0 aliphatic carbocycles. The van der Waals surface area contributed by atoms with Gasteiger partial charge in [-0.15, -0.1) is 35.1 Å². The normalized spacial score (nSPS) is 19.3. The summed E-state index contributed by atoms with van der Waals surface area (Å²) in [6.45, 7) is 7.65. The molecule has 0 radical (unpaired) electrons. The van der Waals surface area contributed by atoms with Crippen LogP contribution in [0.1, 0.15) is 54.1 Å². The van der Waals surface area contributed by atoms with Crippen molar-refractivity contribution in [2.24, 2.45) is 0 Å². The van der Waals surface area contributed by atoms with Crippen LogP contribution in [0.2, 0.25) is 0 Å². The zero-order chi connectivity index (χ0) is 14.8. The second-order valence-electron chi connectivity index (χ2n) is 6.00. The predicted octanol–water partition coefficient (Wildman–Crippen LogP) is 4.11. The molecule has 0 amide bonds. The lowest BCUT2D eigenvalue weighted by Crippen LogP contribution is -2.33. The van der Waals surface area contributed by atoms with Crippen molar-refractivity contribution in [2.45, 2.75) is 45.1 Å². The first-order valence-electron chi connectivity index (χ1n) is 7.49. The molecule has 7 heteroatoms. The van der Waals surface area contributed by atoms with E-state index in [1.54, 1.807) is 11.3 Å². The lowest BCUT2D eigenvalue weighted by atomic mass is 9.98. The van der Waals surface area contributed by atoms with Crippen molar-refractivity contribution in [3.8, 4) is 0 Å². The van der Waals surface area contributed by atoms with E-state index >= 15 is 0 Å². The monoisotopic (exact) mass is 358 g/mol. The minimum atomic E-state index is 0. The number of thiazole rings is 2. The minimum Gasteiger partial charge on any atom is -0.375 e. The van der Waals surface area contributed by atoms with Gasteiger partial charge < -0.3 is 5.73 Å². The highest BCUT2D eigenvalue weighted by Gasteiger charge is 2.24. The molecule has 1 aliphatic heterocycles. The average molecular weight is 359 g/mol. The summed E-state index contributed by atoms with van der Waals surface area (Å²) in [5.74, 6) is 1.11. The van der Waals surface area contributed by atoms with Crippen molar-refractivity contribution in [1.82, 2.24) is 14.9 Å². The Morgan fingerprint density at radius 2 is 2.27 bits per heavy atom. The van der Waals surface area contributed by atoms with Crippen LogP contribution in [-0.2, 0) is 6.54 Å². The predicted molar refractivity (Wildman–Crippen MR) is 97.2 cm³/mol. The molecule has 4 nitrogen and oxygen atoms in total. The van der Waals surface area contributed by atoms with Crippen LogP contribution in [-0.4, -0.2) is 28.0 Å². The van der Waals surface area contributed by atoms with E-state index in [4.69, 9.17) is 10.7 Å². The fraction of sp³-hybridized carbons (Fsp3) is 0.600. The van der Waals surface area contributed by atoms with E-state index in [-0.39, 0.29) is 12.4 Å². The summed E-state index contributed by atoms with van der Waals surface area (Å²) in [6, 6.07) is 0. The molecule has 2 N–H and O–H groups in total. The Bertz CT molecular complexity index is 596. The van der Waals surface area contributed by atoms with Crippen LogP contribution in [0.4, 0.5) is 5.13 Å². The van der Waals surface area contributed by atoms with E-state index in [2.05, 4.69) is 29.1 Å². The van der Waals surface area contributed by atoms with E-state index in [0.29, 0.717) is 17.0 Å². The topological polar surface area (TPSA) is 55.0 Å². The number of aromatic nitrogens is 2. The summed E-state index contributed by atoms with van der Waals surface area (Å²) in [5.41, 5.74) is 6.95. The maximum Gasteiger partial charge on any atom is 0.180 e. The second kappa shape index (κ2) is 7.73. The quantitative estimate of drug-likeness (QED) is 0.893. The molecule has 0 bridgehead atoms. The Morgan fingerprint density at radius 1 is 1.45 bits per heavy atom. The highest BCUT2D eigenvalue weighted by Crippen LogP contribution is 2.31. The molecule has 0 spiro atoms. The molecule has 3 heterocycles. The zero-order valence-corrected chi connectivity index (χ0v) is 15.4. The molecule has 1 saturated heterocycles. The smallest absolute Gasteiger partial charge is 0.180 e. The van der Waals surface area contributed by atoms with Crippen molar-refractivity contribution in [1.29, 1.82) is 0 Å². The second-order valence-corrected chi connectivity index (χ2v) is 8.04. The van der Waals surface area contributed by atoms with Crippen molar-refractivity contribution in [3.63, 3.8) is 0 Å². The maximum absolute atomic E-state index is 5.71. The number of piperidine rings is 1. The van der Waals surface area contributed by atoms with E-state index in [0.717, 1.165) is 19.6 Å². The van der Waals surface area contributed by atoms with Crippen molar-refractivity contribution in [3.05, 3.63) is 27.2 Å². The summed E-state index contributed by atoms with van der Waals surface area (Å²) in [4.78, 5) is 12.8. The van der Waals surface area contributed by atoms with Crippen LogP contribution >= 0.6 is 35.1 Å². The van der Waals surface area contributed by atoms with Gasteiger partial charge in [-0.05, 0) is 25.3 Å². The van der Waals surface area contributed by atoms with Crippen LogP contribution in [0.25, 0.3) is 0 Å². The number of likely N-dealkylation sites (tertiary alicyclic amines) is 1. The first kappa shape index (κ1) is 17.7. The van der Waals surface area contributed by atoms with Gasteiger partial charge in [0, 0.05) is 35.5 Å². The lowest BCUT2D eigenvalue weighted by Gasteiger charge is -2.31. The number of nitrogens with zero attached hydrogens (tertiary/aromatic N) is 3. The number of nitrogen functional groups attached to an aromatic ring is 1. The number of hydrogen-bond acceptors (Lipinski definition) is 6. The largest absolute Gasteiger partial charge is 0.375 e. The van der Waals surface area contributed by atoms with Crippen molar-refractivity contribution < 1.29 is 0 Å². The van der Waals surface area contributed by atoms with Crippen LogP contribution in [0.5, 0.6) is 0 Å². The third kappa shape index (κ3) is 4.19. The first-order chi connectivity index (χ1) is 10.1. The highest BCUT2D eigenvalue weighted by molar-refractivity contribution is 7.15. The molecular formula is C15H23ClN4S2. The Hall–Kier alpha value is -0.690. The Balaban J connectivity index is 0.00000176. The van der Waals surface area contributed by atoms with Gasteiger partial charge in [0.05, 0.1) is 10.7 Å². The van der Waals surface area contributed by atoms with E-state index in [1.807, 2.05) is 17.5 Å². The number of hydrogen-bond donors (Lipinski definition) is 1. The van der Waals surface area contributed by atoms with E-state index in [9.17, 15) is 0 Å². The summed E-state index contributed by atoms with van der Waals surface area (Å²) < 4.78 is 0. The van der Waals surface area contributed by atoms with Crippen LogP contribution < -0.4 is 5.73 Å². The lowest BCUT2D eigenvalue weighted by molar-refractivity contribution is 0.201.